The summed E-state index contributed by atoms with van der Waals surface area (Å²) in [5, 5.41) is 19.1. The molecule has 3 rings (SSSR count). The minimum absolute atomic E-state index is 0.00706. The van der Waals surface area contributed by atoms with E-state index in [1.807, 2.05) is 41.8 Å². The molecule has 0 amide bonds. The Balaban J connectivity index is 1.95. The lowest BCUT2D eigenvalue weighted by Gasteiger charge is -2.06. The van der Waals surface area contributed by atoms with Gasteiger partial charge in [-0.3, -0.25) is 0 Å². The van der Waals surface area contributed by atoms with Crippen molar-refractivity contribution in [2.75, 3.05) is 0 Å². The van der Waals surface area contributed by atoms with Gasteiger partial charge in [0.1, 0.15) is 5.69 Å². The Bertz CT molecular complexity index is 736. The third kappa shape index (κ3) is 2.85. The van der Waals surface area contributed by atoms with E-state index in [1.54, 1.807) is 16.0 Å². The van der Waals surface area contributed by atoms with Crippen molar-refractivity contribution in [2.24, 2.45) is 0 Å². The molecule has 0 bridgehead atoms. The highest BCUT2D eigenvalue weighted by atomic mass is 32.1. The van der Waals surface area contributed by atoms with E-state index >= 15 is 0 Å². The summed E-state index contributed by atoms with van der Waals surface area (Å²) in [6, 6.07) is 13.4. The average molecular weight is 299 g/mol. The first-order chi connectivity index (χ1) is 10.3. The van der Waals surface area contributed by atoms with E-state index in [9.17, 15) is 9.90 Å². The third-order valence-corrected chi connectivity index (χ3v) is 4.07. The van der Waals surface area contributed by atoms with Gasteiger partial charge in [0.25, 0.3) is 0 Å². The average Bonchev–Trinajstić information content (AvgIpc) is 3.15. The van der Waals surface area contributed by atoms with Crippen LogP contribution in [0.25, 0.3) is 11.3 Å². The minimum Gasteiger partial charge on any atom is -0.476 e. The number of nitrogens with zero attached hydrogens (tertiary/aromatic N) is 3. The maximum Gasteiger partial charge on any atom is 0.358 e. The fourth-order valence-electron chi connectivity index (χ4n) is 2.17. The number of carboxylic acid groups (broad SMARTS) is 1. The molecule has 0 radical (unpaired) electrons. The van der Waals surface area contributed by atoms with E-state index in [0.29, 0.717) is 12.2 Å². The third-order valence-electron chi connectivity index (χ3n) is 3.14. The zero-order valence-corrected chi connectivity index (χ0v) is 12.0. The molecule has 2 aromatic heterocycles. The lowest BCUT2D eigenvalue weighted by molar-refractivity contribution is 0.0691. The van der Waals surface area contributed by atoms with Crippen molar-refractivity contribution in [2.45, 2.75) is 13.0 Å². The van der Waals surface area contributed by atoms with E-state index < -0.39 is 5.97 Å². The van der Waals surface area contributed by atoms with Crippen molar-refractivity contribution >= 4 is 17.3 Å². The first-order valence-corrected chi connectivity index (χ1v) is 7.38. The minimum atomic E-state index is -1.06. The number of hydrogen-bond acceptors (Lipinski definition) is 4. The molecule has 0 aliphatic heterocycles. The van der Waals surface area contributed by atoms with Crippen LogP contribution in [0.1, 0.15) is 15.4 Å². The van der Waals surface area contributed by atoms with Crippen molar-refractivity contribution in [3.05, 3.63) is 58.4 Å². The van der Waals surface area contributed by atoms with Crippen LogP contribution in [0.2, 0.25) is 0 Å². The van der Waals surface area contributed by atoms with Gasteiger partial charge in [0.05, 0.1) is 0 Å². The fraction of sp³-hybridized carbons (Fsp3) is 0.133. The van der Waals surface area contributed by atoms with Gasteiger partial charge in [-0.1, -0.05) is 41.6 Å². The first-order valence-electron chi connectivity index (χ1n) is 6.50. The zero-order chi connectivity index (χ0) is 14.7. The molecule has 21 heavy (non-hydrogen) atoms. The lowest BCUT2D eigenvalue weighted by atomic mass is 10.1. The molecule has 3 aromatic rings. The van der Waals surface area contributed by atoms with Gasteiger partial charge < -0.3 is 5.11 Å². The molecule has 5 nitrogen and oxygen atoms in total. The van der Waals surface area contributed by atoms with Crippen LogP contribution in [-0.4, -0.2) is 26.1 Å². The second kappa shape index (κ2) is 5.88. The van der Waals surface area contributed by atoms with Crippen LogP contribution in [0.4, 0.5) is 0 Å². The number of rotatable bonds is 5. The molecule has 1 aromatic carbocycles. The summed E-state index contributed by atoms with van der Waals surface area (Å²) in [4.78, 5) is 12.6. The molecule has 0 unspecified atom stereocenters. The van der Waals surface area contributed by atoms with Crippen molar-refractivity contribution < 1.29 is 9.90 Å². The highest BCUT2D eigenvalue weighted by Crippen LogP contribution is 2.22. The SMILES string of the molecule is O=C(O)c1nnn(CCc2cccs2)c1-c1ccccc1. The monoisotopic (exact) mass is 299 g/mol. The summed E-state index contributed by atoms with van der Waals surface area (Å²) in [6.07, 6.45) is 0.805. The van der Waals surface area contributed by atoms with Crippen LogP contribution < -0.4 is 0 Å². The van der Waals surface area contributed by atoms with Gasteiger partial charge in [-0.05, 0) is 11.4 Å². The molecule has 1 N–H and O–H groups in total. The molecule has 106 valence electrons. The number of hydrogen-bond donors (Lipinski definition) is 1. The van der Waals surface area contributed by atoms with Gasteiger partial charge in [-0.25, -0.2) is 9.48 Å². The summed E-state index contributed by atoms with van der Waals surface area (Å²) in [6.45, 7) is 0.602. The van der Waals surface area contributed by atoms with Gasteiger partial charge in [0.15, 0.2) is 5.69 Å². The molecule has 0 saturated carbocycles. The first kappa shape index (κ1) is 13.5. The summed E-state index contributed by atoms with van der Waals surface area (Å²) < 4.78 is 1.67. The van der Waals surface area contributed by atoms with Crippen LogP contribution in [-0.2, 0) is 13.0 Å². The normalized spacial score (nSPS) is 10.7. The maximum absolute atomic E-state index is 11.3. The van der Waals surface area contributed by atoms with E-state index in [0.717, 1.165) is 12.0 Å². The van der Waals surface area contributed by atoms with Crippen LogP contribution in [0, 0.1) is 0 Å². The van der Waals surface area contributed by atoms with E-state index in [2.05, 4.69) is 16.4 Å². The number of aryl methyl sites for hydroxylation is 2. The number of thiophene rings is 1. The molecule has 6 heteroatoms. The molecule has 0 spiro atoms. The molecule has 0 fully saturated rings. The Hall–Kier alpha value is -2.47. The maximum atomic E-state index is 11.3. The van der Waals surface area contributed by atoms with Gasteiger partial charge in [0.2, 0.25) is 0 Å². The molecular weight excluding hydrogens is 286 g/mol. The van der Waals surface area contributed by atoms with Gasteiger partial charge in [-0.15, -0.1) is 16.4 Å². The predicted molar refractivity (Wildman–Crippen MR) is 80.4 cm³/mol. The number of carbonyl (C=O) groups is 1. The van der Waals surface area contributed by atoms with Gasteiger partial charge >= 0.3 is 5.97 Å². The quantitative estimate of drug-likeness (QED) is 0.786. The highest BCUT2D eigenvalue weighted by molar-refractivity contribution is 7.09. The largest absolute Gasteiger partial charge is 0.476 e. The second-order valence-electron chi connectivity index (χ2n) is 4.51. The van der Waals surface area contributed by atoms with Crippen LogP contribution in [0.15, 0.2) is 47.8 Å². The van der Waals surface area contributed by atoms with Crippen LogP contribution in [0.3, 0.4) is 0 Å². The van der Waals surface area contributed by atoms with Crippen molar-refractivity contribution in [1.29, 1.82) is 0 Å². The number of carboxylic acids is 1. The Morgan fingerprint density at radius 2 is 2.00 bits per heavy atom. The number of benzene rings is 1. The summed E-state index contributed by atoms with van der Waals surface area (Å²) in [5.41, 5.74) is 1.36. The predicted octanol–water partition coefficient (Wildman–Crippen LogP) is 2.95. The Kier molecular flexibility index (Phi) is 3.79. The molecule has 0 aliphatic rings. The topological polar surface area (TPSA) is 68.0 Å². The molecule has 2 heterocycles. The van der Waals surface area contributed by atoms with E-state index in [1.165, 1.54) is 4.88 Å². The molecule has 0 saturated heterocycles. The lowest BCUT2D eigenvalue weighted by Crippen LogP contribution is -2.06. The summed E-state index contributed by atoms with van der Waals surface area (Å²) in [5.74, 6) is -1.06. The molecule has 0 atom stereocenters. The number of aromatic nitrogens is 3. The van der Waals surface area contributed by atoms with Crippen molar-refractivity contribution in [3.63, 3.8) is 0 Å². The Labute approximate surface area is 125 Å². The second-order valence-corrected chi connectivity index (χ2v) is 5.54. The molecule has 0 aliphatic carbocycles. The van der Waals surface area contributed by atoms with Gasteiger partial charge in [0, 0.05) is 23.4 Å². The smallest absolute Gasteiger partial charge is 0.358 e. The van der Waals surface area contributed by atoms with Crippen LogP contribution >= 0.6 is 11.3 Å². The van der Waals surface area contributed by atoms with E-state index in [-0.39, 0.29) is 5.69 Å². The number of aromatic carboxylic acids is 1. The van der Waals surface area contributed by atoms with Crippen molar-refractivity contribution in [1.82, 2.24) is 15.0 Å². The highest BCUT2D eigenvalue weighted by Gasteiger charge is 2.20. The zero-order valence-electron chi connectivity index (χ0n) is 11.1. The van der Waals surface area contributed by atoms with Crippen LogP contribution in [0.5, 0.6) is 0 Å². The van der Waals surface area contributed by atoms with Crippen molar-refractivity contribution in [3.8, 4) is 11.3 Å². The Morgan fingerprint density at radius 3 is 2.67 bits per heavy atom. The summed E-state index contributed by atoms with van der Waals surface area (Å²) >= 11 is 1.68. The van der Waals surface area contributed by atoms with E-state index in [4.69, 9.17) is 0 Å². The standard InChI is InChI=1S/C15H13N3O2S/c19-15(20)13-14(11-5-2-1-3-6-11)18(17-16-13)9-8-12-7-4-10-21-12/h1-7,10H,8-9H2,(H,19,20). The fourth-order valence-corrected chi connectivity index (χ4v) is 2.86. The Morgan fingerprint density at radius 1 is 1.19 bits per heavy atom. The summed E-state index contributed by atoms with van der Waals surface area (Å²) in [7, 11) is 0. The van der Waals surface area contributed by atoms with Gasteiger partial charge in [-0.2, -0.15) is 0 Å². The molecular formula is C15H13N3O2S.